The largest absolute Gasteiger partial charge is 0.465 e. The summed E-state index contributed by atoms with van der Waals surface area (Å²) in [5.74, 6) is 0.552. The summed E-state index contributed by atoms with van der Waals surface area (Å²) >= 11 is 0. The van der Waals surface area contributed by atoms with E-state index < -0.39 is 0 Å². The minimum atomic E-state index is 0.00782. The van der Waals surface area contributed by atoms with E-state index in [1.807, 2.05) is 0 Å². The van der Waals surface area contributed by atoms with Crippen molar-refractivity contribution in [1.82, 2.24) is 4.90 Å². The van der Waals surface area contributed by atoms with E-state index in [-0.39, 0.29) is 5.97 Å². The highest BCUT2D eigenvalue weighted by atomic mass is 16.5. The van der Waals surface area contributed by atoms with E-state index in [0.717, 1.165) is 38.6 Å². The van der Waals surface area contributed by atoms with E-state index in [1.54, 1.807) is 0 Å². The molecule has 0 fully saturated rings. The molecule has 0 N–H and O–H groups in total. The molecule has 0 rings (SSSR count). The van der Waals surface area contributed by atoms with Gasteiger partial charge in [0.15, 0.2) is 0 Å². The van der Waals surface area contributed by atoms with Crippen molar-refractivity contribution in [1.29, 1.82) is 0 Å². The van der Waals surface area contributed by atoms with Crippen molar-refractivity contribution in [2.45, 2.75) is 265 Å². The van der Waals surface area contributed by atoms with Crippen LogP contribution in [0.5, 0.6) is 0 Å². The summed E-state index contributed by atoms with van der Waals surface area (Å²) in [6.07, 6.45) is 50.7. The molecular formula is C48H93NO3. The van der Waals surface area contributed by atoms with Crippen molar-refractivity contribution in [3.05, 3.63) is 12.2 Å². The third kappa shape index (κ3) is 35.7. The van der Waals surface area contributed by atoms with Gasteiger partial charge in [0.2, 0.25) is 6.41 Å². The predicted molar refractivity (Wildman–Crippen MR) is 229 cm³/mol. The monoisotopic (exact) mass is 732 g/mol. The van der Waals surface area contributed by atoms with Gasteiger partial charge in [0, 0.05) is 19.0 Å². The van der Waals surface area contributed by atoms with Gasteiger partial charge in [-0.05, 0) is 70.1 Å². The summed E-state index contributed by atoms with van der Waals surface area (Å²) in [4.78, 5) is 26.9. The number of hydrogen-bond donors (Lipinski definition) is 0. The van der Waals surface area contributed by atoms with Gasteiger partial charge in [-0.1, -0.05) is 200 Å². The van der Waals surface area contributed by atoms with Crippen LogP contribution in [-0.2, 0) is 14.3 Å². The lowest BCUT2D eigenvalue weighted by Crippen LogP contribution is -2.35. The van der Waals surface area contributed by atoms with Gasteiger partial charge < -0.3 is 9.64 Å². The summed E-state index contributed by atoms with van der Waals surface area (Å²) in [5.41, 5.74) is 0. The third-order valence-electron chi connectivity index (χ3n) is 11.3. The fourth-order valence-corrected chi connectivity index (χ4v) is 7.63. The second-order valence-corrected chi connectivity index (χ2v) is 16.3. The molecule has 0 aromatic heterocycles. The highest BCUT2D eigenvalue weighted by Crippen LogP contribution is 2.21. The number of ether oxygens (including phenoxy) is 1. The number of carbonyl (C=O) groups excluding carboxylic acids is 2. The Hall–Kier alpha value is -1.32. The van der Waals surface area contributed by atoms with Crippen LogP contribution in [0.2, 0.25) is 0 Å². The molecule has 2 atom stereocenters. The average Bonchev–Trinajstić information content (AvgIpc) is 3.15. The van der Waals surface area contributed by atoms with Crippen molar-refractivity contribution < 1.29 is 14.3 Å². The van der Waals surface area contributed by atoms with Gasteiger partial charge in [0.05, 0.1) is 6.61 Å². The third-order valence-corrected chi connectivity index (χ3v) is 11.3. The van der Waals surface area contributed by atoms with E-state index in [9.17, 15) is 9.59 Å². The lowest BCUT2D eigenvalue weighted by molar-refractivity contribution is -0.145. The maximum absolute atomic E-state index is 12.4. The van der Waals surface area contributed by atoms with Gasteiger partial charge in [-0.15, -0.1) is 0 Å². The number of hydrogen-bond acceptors (Lipinski definition) is 3. The zero-order chi connectivity index (χ0) is 38.0. The zero-order valence-corrected chi connectivity index (χ0v) is 35.9. The molecule has 0 radical (unpaired) electrons. The summed E-state index contributed by atoms with van der Waals surface area (Å²) in [5, 5.41) is 0. The Morgan fingerprint density at radius 1 is 0.481 bits per heavy atom. The second-order valence-electron chi connectivity index (χ2n) is 16.3. The van der Waals surface area contributed by atoms with Crippen LogP contribution in [-0.4, -0.2) is 36.5 Å². The molecule has 0 bridgehead atoms. The second kappa shape index (κ2) is 42.4. The quantitative estimate of drug-likeness (QED) is 0.0271. The zero-order valence-electron chi connectivity index (χ0n) is 35.9. The summed E-state index contributed by atoms with van der Waals surface area (Å²) in [6, 6.07) is 0.407. The lowest BCUT2D eigenvalue weighted by Gasteiger charge is -2.29. The molecular weight excluding hydrogens is 639 g/mol. The Bertz CT molecular complexity index is 752. The van der Waals surface area contributed by atoms with E-state index in [0.29, 0.717) is 25.0 Å². The van der Waals surface area contributed by atoms with Gasteiger partial charge in [-0.3, -0.25) is 9.59 Å². The van der Waals surface area contributed by atoms with Crippen LogP contribution in [0, 0.1) is 5.92 Å². The van der Waals surface area contributed by atoms with E-state index in [2.05, 4.69) is 44.7 Å². The van der Waals surface area contributed by atoms with Crippen molar-refractivity contribution in [3.8, 4) is 0 Å². The van der Waals surface area contributed by atoms with Crippen molar-refractivity contribution >= 4 is 12.4 Å². The van der Waals surface area contributed by atoms with Crippen LogP contribution in [0.4, 0.5) is 0 Å². The molecule has 0 aliphatic rings. The molecule has 0 aliphatic carbocycles. The Balaban J connectivity index is 4.32. The molecule has 1 amide bonds. The standard InChI is InChI=1S/C48H93NO3/c1-5-9-13-16-18-19-20-21-22-23-24-28-32-37-43-49(45-50)47(40-34-29-25-17-14-10-6-2)41-35-30-26-27-31-36-42-48(51)52-44-46(38-12-8-4)39-33-15-11-7-3/h19-20,45-47H,5-18,21-44H2,1-4H3/b20-19-. The number of allylic oxidation sites excluding steroid dienone is 2. The molecule has 4 heteroatoms. The normalized spacial score (nSPS) is 12.8. The minimum absolute atomic E-state index is 0.00782. The first-order valence-corrected chi connectivity index (χ1v) is 23.6. The average molecular weight is 732 g/mol. The molecule has 52 heavy (non-hydrogen) atoms. The van der Waals surface area contributed by atoms with Gasteiger partial charge in [0.25, 0.3) is 0 Å². The topological polar surface area (TPSA) is 46.6 Å². The van der Waals surface area contributed by atoms with Crippen LogP contribution in [0.3, 0.4) is 0 Å². The van der Waals surface area contributed by atoms with Gasteiger partial charge in [-0.25, -0.2) is 0 Å². The summed E-state index contributed by atoms with van der Waals surface area (Å²) in [6.45, 7) is 10.6. The van der Waals surface area contributed by atoms with E-state index >= 15 is 0 Å². The first-order valence-electron chi connectivity index (χ1n) is 23.6. The van der Waals surface area contributed by atoms with Crippen LogP contribution in [0.15, 0.2) is 12.2 Å². The van der Waals surface area contributed by atoms with Gasteiger partial charge in [-0.2, -0.15) is 0 Å². The Morgan fingerprint density at radius 2 is 0.885 bits per heavy atom. The van der Waals surface area contributed by atoms with Gasteiger partial charge >= 0.3 is 5.97 Å². The maximum atomic E-state index is 12.4. The summed E-state index contributed by atoms with van der Waals surface area (Å²) in [7, 11) is 0. The molecule has 0 spiro atoms. The fourth-order valence-electron chi connectivity index (χ4n) is 7.63. The van der Waals surface area contributed by atoms with Crippen molar-refractivity contribution in [3.63, 3.8) is 0 Å². The molecule has 0 saturated carbocycles. The Morgan fingerprint density at radius 3 is 1.42 bits per heavy atom. The van der Waals surface area contributed by atoms with Crippen molar-refractivity contribution in [2.24, 2.45) is 5.92 Å². The molecule has 0 heterocycles. The molecule has 0 aromatic carbocycles. The Kier molecular flexibility index (Phi) is 41.3. The Labute approximate surface area is 326 Å². The van der Waals surface area contributed by atoms with Gasteiger partial charge in [0.1, 0.15) is 0 Å². The molecule has 4 nitrogen and oxygen atoms in total. The number of nitrogens with zero attached hydrogens (tertiary/aromatic N) is 1. The fraction of sp³-hybridized carbons (Fsp3) is 0.917. The van der Waals surface area contributed by atoms with Crippen LogP contribution < -0.4 is 0 Å². The highest BCUT2D eigenvalue weighted by Gasteiger charge is 2.16. The predicted octanol–water partition coefficient (Wildman–Crippen LogP) is 15.7. The first kappa shape index (κ1) is 50.7. The highest BCUT2D eigenvalue weighted by molar-refractivity contribution is 5.69. The van der Waals surface area contributed by atoms with Crippen LogP contribution >= 0.6 is 0 Å². The number of carbonyl (C=O) groups is 2. The number of unbranched alkanes of at least 4 members (excludes halogenated alkanes) is 25. The number of esters is 1. The number of rotatable bonds is 43. The molecule has 0 aromatic rings. The minimum Gasteiger partial charge on any atom is -0.465 e. The summed E-state index contributed by atoms with van der Waals surface area (Å²) < 4.78 is 5.73. The SMILES string of the molecule is CCCCCC/C=C\CCCCCCCCN(C=O)C(CCCCCCCCC)CCCCCCCCC(=O)OCC(CCCC)CCCCCC. The lowest BCUT2D eigenvalue weighted by atomic mass is 9.96. The van der Waals surface area contributed by atoms with Crippen LogP contribution in [0.25, 0.3) is 0 Å². The number of amides is 1. The maximum Gasteiger partial charge on any atom is 0.305 e. The van der Waals surface area contributed by atoms with E-state index in [1.165, 1.54) is 199 Å². The molecule has 0 saturated heterocycles. The smallest absolute Gasteiger partial charge is 0.305 e. The van der Waals surface area contributed by atoms with Crippen molar-refractivity contribution in [2.75, 3.05) is 13.2 Å². The first-order chi connectivity index (χ1) is 25.6. The van der Waals surface area contributed by atoms with E-state index in [4.69, 9.17) is 4.74 Å². The molecule has 0 aliphatic heterocycles. The molecule has 2 unspecified atom stereocenters. The van der Waals surface area contributed by atoms with Crippen LogP contribution in [0.1, 0.15) is 259 Å². The molecule has 308 valence electrons.